The Morgan fingerprint density at radius 1 is 1.59 bits per heavy atom. The van der Waals surface area contributed by atoms with Crippen molar-refractivity contribution in [1.29, 1.82) is 0 Å². The molecule has 2 rings (SSSR count). The lowest BCUT2D eigenvalue weighted by Crippen LogP contribution is -2.24. The summed E-state index contributed by atoms with van der Waals surface area (Å²) in [6.45, 7) is 3.59. The molecule has 6 heteroatoms. The predicted octanol–water partition coefficient (Wildman–Crippen LogP) is 2.06. The Balaban J connectivity index is 2.15. The van der Waals surface area contributed by atoms with Crippen LogP contribution in [0.25, 0.3) is 0 Å². The lowest BCUT2D eigenvalue weighted by atomic mass is 10.0. The minimum absolute atomic E-state index is 0.266. The van der Waals surface area contributed by atoms with Gasteiger partial charge in [0.05, 0.1) is 6.10 Å². The largest absolute Gasteiger partial charge is 0.393 e. The lowest BCUT2D eigenvalue weighted by Gasteiger charge is -2.19. The van der Waals surface area contributed by atoms with Gasteiger partial charge in [-0.1, -0.05) is 23.4 Å². The topological polar surface area (TPSA) is 49.2 Å². The molecule has 2 unspecified atom stereocenters. The third kappa shape index (κ3) is 3.03. The summed E-state index contributed by atoms with van der Waals surface area (Å²) in [6.07, 6.45) is 2.66. The summed E-state index contributed by atoms with van der Waals surface area (Å²) >= 11 is 7.45. The van der Waals surface area contributed by atoms with Gasteiger partial charge in [-0.15, -0.1) is 0 Å². The molecule has 1 aromatic rings. The molecule has 0 bridgehead atoms. The molecule has 0 aromatic carbocycles. The molecular formula is C11H16ClN3OS. The molecule has 0 aliphatic carbocycles. The van der Waals surface area contributed by atoms with E-state index >= 15 is 0 Å². The Morgan fingerprint density at radius 2 is 2.35 bits per heavy atom. The molecule has 0 saturated carbocycles. The maximum Gasteiger partial charge on any atom is 0.190 e. The van der Waals surface area contributed by atoms with E-state index in [1.807, 2.05) is 13.2 Å². The van der Waals surface area contributed by atoms with Crippen molar-refractivity contribution in [1.82, 2.24) is 9.97 Å². The number of aliphatic hydroxyl groups is 1. The number of hydrogen-bond donors (Lipinski definition) is 1. The molecule has 2 heterocycles. The summed E-state index contributed by atoms with van der Waals surface area (Å²) in [5.41, 5.74) is 0. The highest BCUT2D eigenvalue weighted by molar-refractivity contribution is 7.98. The average Bonchev–Trinajstić information content (AvgIpc) is 2.77. The highest BCUT2D eigenvalue weighted by Crippen LogP contribution is 2.27. The molecule has 1 aliphatic heterocycles. The van der Waals surface area contributed by atoms with Crippen molar-refractivity contribution in [3.63, 3.8) is 0 Å². The van der Waals surface area contributed by atoms with E-state index in [1.165, 1.54) is 11.8 Å². The van der Waals surface area contributed by atoms with Gasteiger partial charge in [-0.25, -0.2) is 9.97 Å². The van der Waals surface area contributed by atoms with E-state index in [0.29, 0.717) is 16.2 Å². The van der Waals surface area contributed by atoms with E-state index in [1.54, 1.807) is 6.07 Å². The monoisotopic (exact) mass is 273 g/mol. The first-order valence-corrected chi connectivity index (χ1v) is 7.22. The molecule has 94 valence electrons. The second kappa shape index (κ2) is 5.42. The smallest absolute Gasteiger partial charge is 0.190 e. The SMILES string of the molecule is CSc1nc(Cl)cc(N2CCC(C(C)O)C2)n1. The summed E-state index contributed by atoms with van der Waals surface area (Å²) in [6, 6.07) is 1.78. The zero-order valence-corrected chi connectivity index (χ0v) is 11.5. The Bertz CT molecular complexity index is 402. The van der Waals surface area contributed by atoms with Crippen LogP contribution in [-0.4, -0.2) is 40.5 Å². The number of thioether (sulfide) groups is 1. The van der Waals surface area contributed by atoms with Crippen LogP contribution in [0.15, 0.2) is 11.2 Å². The Hall–Kier alpha value is -0.520. The van der Waals surface area contributed by atoms with Crippen molar-refractivity contribution < 1.29 is 5.11 Å². The van der Waals surface area contributed by atoms with Gasteiger partial charge in [-0.05, 0) is 19.6 Å². The van der Waals surface area contributed by atoms with E-state index in [2.05, 4.69) is 14.9 Å². The van der Waals surface area contributed by atoms with Crippen LogP contribution in [0.5, 0.6) is 0 Å². The number of halogens is 1. The van der Waals surface area contributed by atoms with Crippen LogP contribution in [0.1, 0.15) is 13.3 Å². The van der Waals surface area contributed by atoms with Crippen molar-refractivity contribution in [3.05, 3.63) is 11.2 Å². The van der Waals surface area contributed by atoms with Gasteiger partial charge in [0.25, 0.3) is 0 Å². The lowest BCUT2D eigenvalue weighted by molar-refractivity contribution is 0.136. The molecule has 0 radical (unpaired) electrons. The highest BCUT2D eigenvalue weighted by atomic mass is 35.5. The van der Waals surface area contributed by atoms with Crippen molar-refractivity contribution in [3.8, 4) is 0 Å². The Morgan fingerprint density at radius 3 is 2.94 bits per heavy atom. The van der Waals surface area contributed by atoms with Crippen LogP contribution in [0.2, 0.25) is 5.15 Å². The second-order valence-electron chi connectivity index (χ2n) is 4.27. The van der Waals surface area contributed by atoms with Gasteiger partial charge >= 0.3 is 0 Å². The fraction of sp³-hybridized carbons (Fsp3) is 0.636. The maximum atomic E-state index is 9.58. The van der Waals surface area contributed by atoms with Crippen molar-refractivity contribution in [2.24, 2.45) is 5.92 Å². The first-order valence-electron chi connectivity index (χ1n) is 5.61. The number of aliphatic hydroxyl groups excluding tert-OH is 1. The molecule has 1 saturated heterocycles. The van der Waals surface area contributed by atoms with Gasteiger partial charge in [-0.2, -0.15) is 0 Å². The molecule has 1 fully saturated rings. The number of hydrogen-bond acceptors (Lipinski definition) is 5. The number of aromatic nitrogens is 2. The fourth-order valence-corrected chi connectivity index (χ4v) is 2.63. The van der Waals surface area contributed by atoms with Crippen LogP contribution >= 0.6 is 23.4 Å². The van der Waals surface area contributed by atoms with Gasteiger partial charge in [-0.3, -0.25) is 0 Å². The number of rotatable bonds is 3. The predicted molar refractivity (Wildman–Crippen MR) is 70.8 cm³/mol. The van der Waals surface area contributed by atoms with Crippen LogP contribution < -0.4 is 4.90 Å². The van der Waals surface area contributed by atoms with Crippen LogP contribution in [0.3, 0.4) is 0 Å². The third-order valence-corrected chi connectivity index (χ3v) is 3.82. The van der Waals surface area contributed by atoms with Crippen LogP contribution in [0, 0.1) is 5.92 Å². The molecule has 1 aliphatic rings. The van der Waals surface area contributed by atoms with Crippen LogP contribution in [-0.2, 0) is 0 Å². The molecule has 1 N–H and O–H groups in total. The van der Waals surface area contributed by atoms with Gasteiger partial charge in [0, 0.05) is 25.1 Å². The quantitative estimate of drug-likeness (QED) is 0.519. The van der Waals surface area contributed by atoms with Crippen molar-refractivity contribution in [2.45, 2.75) is 24.6 Å². The average molecular weight is 274 g/mol. The zero-order chi connectivity index (χ0) is 12.4. The normalized spacial score (nSPS) is 21.9. The summed E-state index contributed by atoms with van der Waals surface area (Å²) in [4.78, 5) is 10.7. The third-order valence-electron chi connectivity index (χ3n) is 3.07. The van der Waals surface area contributed by atoms with Crippen LogP contribution in [0.4, 0.5) is 5.82 Å². The molecule has 4 nitrogen and oxygen atoms in total. The minimum atomic E-state index is -0.266. The first kappa shape index (κ1) is 12.9. The molecule has 2 atom stereocenters. The number of nitrogens with zero attached hydrogens (tertiary/aromatic N) is 3. The van der Waals surface area contributed by atoms with E-state index in [-0.39, 0.29) is 6.10 Å². The van der Waals surface area contributed by atoms with E-state index in [9.17, 15) is 5.11 Å². The first-order chi connectivity index (χ1) is 8.10. The molecule has 0 spiro atoms. The zero-order valence-electron chi connectivity index (χ0n) is 9.93. The number of anilines is 1. The summed E-state index contributed by atoms with van der Waals surface area (Å²) in [7, 11) is 0. The highest BCUT2D eigenvalue weighted by Gasteiger charge is 2.27. The summed E-state index contributed by atoms with van der Waals surface area (Å²) in [5, 5.41) is 10.7. The molecule has 17 heavy (non-hydrogen) atoms. The second-order valence-corrected chi connectivity index (χ2v) is 5.43. The standard InChI is InChI=1S/C11H16ClN3OS/c1-7(16)8-3-4-15(6-8)10-5-9(12)13-11(14-10)17-2/h5,7-8,16H,3-4,6H2,1-2H3. The van der Waals surface area contributed by atoms with E-state index in [4.69, 9.17) is 11.6 Å². The maximum absolute atomic E-state index is 9.58. The van der Waals surface area contributed by atoms with Crippen molar-refractivity contribution in [2.75, 3.05) is 24.2 Å². The minimum Gasteiger partial charge on any atom is -0.393 e. The van der Waals surface area contributed by atoms with Crippen molar-refractivity contribution >= 4 is 29.2 Å². The summed E-state index contributed by atoms with van der Waals surface area (Å²) < 4.78 is 0. The Labute approximate surface area is 110 Å². The Kier molecular flexibility index (Phi) is 4.12. The fourth-order valence-electron chi connectivity index (χ4n) is 2.03. The van der Waals surface area contributed by atoms with Gasteiger partial charge in [0.1, 0.15) is 11.0 Å². The van der Waals surface area contributed by atoms with E-state index < -0.39 is 0 Å². The van der Waals surface area contributed by atoms with Gasteiger partial charge in [0.2, 0.25) is 0 Å². The van der Waals surface area contributed by atoms with Gasteiger partial charge < -0.3 is 10.0 Å². The van der Waals surface area contributed by atoms with Gasteiger partial charge in [0.15, 0.2) is 5.16 Å². The van der Waals surface area contributed by atoms with E-state index in [0.717, 1.165) is 25.3 Å². The molecule has 0 amide bonds. The molecule has 1 aromatic heterocycles. The summed E-state index contributed by atoms with van der Waals surface area (Å²) in [5.74, 6) is 1.18. The molecular weight excluding hydrogens is 258 g/mol.